The van der Waals surface area contributed by atoms with Crippen LogP contribution in [0.15, 0.2) is 54.6 Å². The fraction of sp³-hybridized carbons (Fsp3) is 0.304. The summed E-state index contributed by atoms with van der Waals surface area (Å²) in [4.78, 5) is 16.3. The number of aryl methyl sites for hydroxylation is 1. The van der Waals surface area contributed by atoms with Gasteiger partial charge in [-0.15, -0.1) is 0 Å². The molecule has 0 aliphatic heterocycles. The zero-order valence-corrected chi connectivity index (χ0v) is 18.0. The van der Waals surface area contributed by atoms with E-state index in [4.69, 9.17) is 28.2 Å². The molecule has 1 N–H and O–H groups in total. The molecule has 1 aromatic heterocycles. The van der Waals surface area contributed by atoms with Crippen LogP contribution in [0.1, 0.15) is 37.6 Å². The topological polar surface area (TPSA) is 46.9 Å². The van der Waals surface area contributed by atoms with Crippen molar-refractivity contribution in [2.45, 2.75) is 39.2 Å². The second kappa shape index (κ2) is 10.5. The smallest absolute Gasteiger partial charge is 0.243 e. The second-order valence-corrected chi connectivity index (χ2v) is 7.78. The number of allylic oxidation sites excluding steroid dienone is 1. The molecule has 3 rings (SSSR count). The molecule has 0 spiro atoms. The number of nitrogens with one attached hydrogen (secondary N) is 1. The highest BCUT2D eigenvalue weighted by atomic mass is 35.5. The Labute approximate surface area is 181 Å². The lowest BCUT2D eigenvalue weighted by Gasteiger charge is -2.11. The third-order valence-electron chi connectivity index (χ3n) is 4.77. The van der Waals surface area contributed by atoms with Crippen molar-refractivity contribution in [3.8, 4) is 0 Å². The monoisotopic (exact) mass is 429 g/mol. The van der Waals surface area contributed by atoms with E-state index in [0.29, 0.717) is 23.1 Å². The fourth-order valence-electron chi connectivity index (χ4n) is 3.32. The SMILES string of the molecule is C/C=C/C(=O)NCCCCCc1nc2ccccc2n1Cc1ccc(Cl)cc1Cl. The van der Waals surface area contributed by atoms with Crippen molar-refractivity contribution in [3.05, 3.63) is 76.0 Å². The Kier molecular flexibility index (Phi) is 7.73. The maximum atomic E-state index is 11.4. The van der Waals surface area contributed by atoms with Gasteiger partial charge in [0.1, 0.15) is 5.82 Å². The van der Waals surface area contributed by atoms with E-state index in [0.717, 1.165) is 48.1 Å². The number of halogens is 2. The molecule has 4 nitrogen and oxygen atoms in total. The summed E-state index contributed by atoms with van der Waals surface area (Å²) in [5, 5.41) is 4.19. The first-order chi connectivity index (χ1) is 14.1. The summed E-state index contributed by atoms with van der Waals surface area (Å²) in [6.07, 6.45) is 7.16. The molecule has 0 aliphatic carbocycles. The average Bonchev–Trinajstić information content (AvgIpc) is 3.04. The van der Waals surface area contributed by atoms with Gasteiger partial charge in [-0.25, -0.2) is 4.98 Å². The Morgan fingerprint density at radius 2 is 1.97 bits per heavy atom. The fourth-order valence-corrected chi connectivity index (χ4v) is 3.79. The van der Waals surface area contributed by atoms with Crippen molar-refractivity contribution >= 4 is 40.1 Å². The van der Waals surface area contributed by atoms with Gasteiger partial charge in [0.15, 0.2) is 0 Å². The quantitative estimate of drug-likeness (QED) is 0.345. The Hall–Kier alpha value is -2.30. The maximum absolute atomic E-state index is 11.4. The second-order valence-electron chi connectivity index (χ2n) is 6.94. The molecule has 1 amide bonds. The van der Waals surface area contributed by atoms with E-state index in [1.807, 2.05) is 37.3 Å². The van der Waals surface area contributed by atoms with Crippen molar-refractivity contribution in [3.63, 3.8) is 0 Å². The van der Waals surface area contributed by atoms with Crippen LogP contribution in [-0.4, -0.2) is 22.0 Å². The Balaban J connectivity index is 1.66. The van der Waals surface area contributed by atoms with Crippen LogP contribution in [0.2, 0.25) is 10.0 Å². The number of carbonyl (C=O) groups excluding carboxylic acids is 1. The lowest BCUT2D eigenvalue weighted by atomic mass is 10.1. The predicted molar refractivity (Wildman–Crippen MR) is 121 cm³/mol. The molecule has 0 saturated heterocycles. The van der Waals surface area contributed by atoms with E-state index < -0.39 is 0 Å². The first-order valence-electron chi connectivity index (χ1n) is 9.87. The van der Waals surface area contributed by atoms with E-state index in [1.165, 1.54) is 0 Å². The normalized spacial score (nSPS) is 11.4. The minimum absolute atomic E-state index is 0.0332. The van der Waals surface area contributed by atoms with Crippen LogP contribution in [-0.2, 0) is 17.8 Å². The van der Waals surface area contributed by atoms with Gasteiger partial charge in [0.2, 0.25) is 5.91 Å². The van der Waals surface area contributed by atoms with Crippen molar-refractivity contribution in [1.82, 2.24) is 14.9 Å². The van der Waals surface area contributed by atoms with Crippen molar-refractivity contribution in [2.24, 2.45) is 0 Å². The number of rotatable bonds is 9. The lowest BCUT2D eigenvalue weighted by Crippen LogP contribution is -2.21. The van der Waals surface area contributed by atoms with Crippen LogP contribution in [0.5, 0.6) is 0 Å². The molecule has 0 aliphatic rings. The summed E-state index contributed by atoms with van der Waals surface area (Å²) in [6.45, 7) is 3.19. The van der Waals surface area contributed by atoms with Gasteiger partial charge in [-0.2, -0.15) is 0 Å². The van der Waals surface area contributed by atoms with Crippen molar-refractivity contribution in [1.29, 1.82) is 0 Å². The van der Waals surface area contributed by atoms with Gasteiger partial charge in [0.25, 0.3) is 0 Å². The van der Waals surface area contributed by atoms with Crippen molar-refractivity contribution in [2.75, 3.05) is 6.54 Å². The number of benzene rings is 2. The van der Waals surface area contributed by atoms with E-state index in [-0.39, 0.29) is 5.91 Å². The molecule has 0 atom stereocenters. The third-order valence-corrected chi connectivity index (χ3v) is 5.36. The number of unbranched alkanes of at least 4 members (excludes halogenated alkanes) is 2. The lowest BCUT2D eigenvalue weighted by molar-refractivity contribution is -0.116. The Bertz CT molecular complexity index is 1010. The summed E-state index contributed by atoms with van der Waals surface area (Å²) in [7, 11) is 0. The van der Waals surface area contributed by atoms with E-state index in [1.54, 1.807) is 18.2 Å². The molecule has 0 unspecified atom stereocenters. The molecular formula is C23H25Cl2N3O. The van der Waals surface area contributed by atoms with E-state index in [9.17, 15) is 4.79 Å². The molecule has 0 fully saturated rings. The first-order valence-corrected chi connectivity index (χ1v) is 10.6. The number of para-hydroxylation sites is 2. The van der Waals surface area contributed by atoms with Gasteiger partial charge in [0, 0.05) is 23.0 Å². The third kappa shape index (κ3) is 5.84. The molecule has 0 radical (unpaired) electrons. The molecule has 6 heteroatoms. The molecular weight excluding hydrogens is 405 g/mol. The van der Waals surface area contributed by atoms with E-state index in [2.05, 4.69) is 16.0 Å². The number of nitrogens with zero attached hydrogens (tertiary/aromatic N) is 2. The first kappa shape index (κ1) is 21.4. The van der Waals surface area contributed by atoms with Gasteiger partial charge in [-0.05, 0) is 55.7 Å². The van der Waals surface area contributed by atoms with Gasteiger partial charge in [0.05, 0.1) is 17.6 Å². The Morgan fingerprint density at radius 1 is 1.14 bits per heavy atom. The molecule has 3 aromatic rings. The number of carbonyl (C=O) groups is 1. The number of hydrogen-bond donors (Lipinski definition) is 1. The average molecular weight is 430 g/mol. The molecule has 152 valence electrons. The maximum Gasteiger partial charge on any atom is 0.243 e. The number of amides is 1. The van der Waals surface area contributed by atoms with Crippen LogP contribution < -0.4 is 5.32 Å². The summed E-state index contributed by atoms with van der Waals surface area (Å²) < 4.78 is 2.23. The molecule has 2 aromatic carbocycles. The van der Waals surface area contributed by atoms with Gasteiger partial charge in [-0.1, -0.05) is 53.9 Å². The van der Waals surface area contributed by atoms with Crippen LogP contribution in [0.3, 0.4) is 0 Å². The largest absolute Gasteiger partial charge is 0.353 e. The van der Waals surface area contributed by atoms with Crippen LogP contribution in [0.4, 0.5) is 0 Å². The van der Waals surface area contributed by atoms with Crippen LogP contribution in [0.25, 0.3) is 11.0 Å². The minimum Gasteiger partial charge on any atom is -0.353 e. The predicted octanol–water partition coefficient (Wildman–Crippen LogP) is 5.80. The number of fused-ring (bicyclic) bond motifs is 1. The molecule has 29 heavy (non-hydrogen) atoms. The van der Waals surface area contributed by atoms with Crippen LogP contribution >= 0.6 is 23.2 Å². The standard InChI is InChI=1S/C23H25Cl2N3O/c1-2-8-23(29)26-14-7-3-4-11-22-27-20-9-5-6-10-21(20)28(22)16-17-12-13-18(24)15-19(17)25/h2,5-6,8-10,12-13,15H,3-4,7,11,14,16H2,1H3,(H,26,29)/b8-2+. The summed E-state index contributed by atoms with van der Waals surface area (Å²) in [5.74, 6) is 1.02. The summed E-state index contributed by atoms with van der Waals surface area (Å²) >= 11 is 12.4. The van der Waals surface area contributed by atoms with Gasteiger partial charge in [-0.3, -0.25) is 4.79 Å². The molecule has 1 heterocycles. The van der Waals surface area contributed by atoms with Crippen molar-refractivity contribution < 1.29 is 4.79 Å². The van der Waals surface area contributed by atoms with Gasteiger partial charge >= 0.3 is 0 Å². The van der Waals surface area contributed by atoms with Gasteiger partial charge < -0.3 is 9.88 Å². The zero-order chi connectivity index (χ0) is 20.6. The minimum atomic E-state index is -0.0332. The van der Waals surface area contributed by atoms with Crippen LogP contribution in [0, 0.1) is 0 Å². The summed E-state index contributed by atoms with van der Waals surface area (Å²) in [6, 6.07) is 13.8. The van der Waals surface area contributed by atoms with E-state index >= 15 is 0 Å². The number of hydrogen-bond acceptors (Lipinski definition) is 2. The molecule has 0 bridgehead atoms. The Morgan fingerprint density at radius 3 is 2.76 bits per heavy atom. The summed E-state index contributed by atoms with van der Waals surface area (Å²) in [5.41, 5.74) is 3.12. The zero-order valence-electron chi connectivity index (χ0n) is 16.5. The highest BCUT2D eigenvalue weighted by Crippen LogP contribution is 2.25. The highest BCUT2D eigenvalue weighted by Gasteiger charge is 2.12. The number of imidazole rings is 1. The number of aromatic nitrogens is 2. The highest BCUT2D eigenvalue weighted by molar-refractivity contribution is 6.35. The molecule has 0 saturated carbocycles.